The summed E-state index contributed by atoms with van der Waals surface area (Å²) in [5.74, 6) is 1.12. The maximum Gasteiger partial charge on any atom is 0.225 e. The topological polar surface area (TPSA) is 44.4 Å². The molecular formula is C15H21ClFN3O. The van der Waals surface area contributed by atoms with Crippen molar-refractivity contribution in [2.75, 3.05) is 38.0 Å². The quantitative estimate of drug-likeness (QED) is 0.890. The number of anilines is 1. The highest BCUT2D eigenvalue weighted by molar-refractivity contribution is 5.90. The molecular weight excluding hydrogens is 293 g/mol. The number of fused-ring (bicyclic) bond motifs is 1. The molecule has 2 atom stereocenters. The van der Waals surface area contributed by atoms with Gasteiger partial charge in [-0.05, 0) is 43.1 Å². The summed E-state index contributed by atoms with van der Waals surface area (Å²) in [6.07, 6.45) is 0.462. The van der Waals surface area contributed by atoms with Gasteiger partial charge in [0.15, 0.2) is 0 Å². The van der Waals surface area contributed by atoms with Gasteiger partial charge in [0.05, 0.1) is 0 Å². The number of nitrogens with zero attached hydrogens (tertiary/aromatic N) is 1. The van der Waals surface area contributed by atoms with Crippen LogP contribution in [0, 0.1) is 17.7 Å². The summed E-state index contributed by atoms with van der Waals surface area (Å²) in [5.41, 5.74) is 0.525. The molecule has 0 aromatic heterocycles. The first-order valence-corrected chi connectivity index (χ1v) is 7.19. The number of amides is 1. The lowest BCUT2D eigenvalue weighted by molar-refractivity contribution is -0.116. The molecule has 4 nitrogen and oxygen atoms in total. The lowest BCUT2D eigenvalue weighted by Gasteiger charge is -2.16. The van der Waals surface area contributed by atoms with E-state index >= 15 is 0 Å². The fourth-order valence-corrected chi connectivity index (χ4v) is 3.18. The molecule has 2 saturated heterocycles. The zero-order chi connectivity index (χ0) is 13.9. The molecule has 6 heteroatoms. The summed E-state index contributed by atoms with van der Waals surface area (Å²) in [6, 6.07) is 6.00. The first kappa shape index (κ1) is 16.2. The zero-order valence-corrected chi connectivity index (χ0v) is 12.7. The van der Waals surface area contributed by atoms with Gasteiger partial charge in [-0.25, -0.2) is 4.39 Å². The van der Waals surface area contributed by atoms with Gasteiger partial charge in [-0.2, -0.15) is 0 Å². The molecule has 116 valence electrons. The molecule has 2 aliphatic rings. The van der Waals surface area contributed by atoms with Gasteiger partial charge in [-0.3, -0.25) is 4.79 Å². The molecule has 0 saturated carbocycles. The molecule has 1 aromatic rings. The number of benzene rings is 1. The van der Waals surface area contributed by atoms with Crippen molar-refractivity contribution in [3.63, 3.8) is 0 Å². The van der Waals surface area contributed by atoms with Crippen molar-refractivity contribution in [1.82, 2.24) is 10.2 Å². The first-order chi connectivity index (χ1) is 9.70. The second kappa shape index (κ2) is 7.20. The van der Waals surface area contributed by atoms with Gasteiger partial charge in [0.25, 0.3) is 0 Å². The number of likely N-dealkylation sites (tertiary alicyclic amines) is 1. The highest BCUT2D eigenvalue weighted by atomic mass is 35.5. The van der Waals surface area contributed by atoms with E-state index in [2.05, 4.69) is 15.5 Å². The van der Waals surface area contributed by atoms with Crippen molar-refractivity contribution in [2.45, 2.75) is 6.42 Å². The van der Waals surface area contributed by atoms with Gasteiger partial charge < -0.3 is 15.5 Å². The molecule has 0 bridgehead atoms. The molecule has 3 rings (SSSR count). The summed E-state index contributed by atoms with van der Waals surface area (Å²) in [7, 11) is 0. The van der Waals surface area contributed by atoms with Gasteiger partial charge >= 0.3 is 0 Å². The van der Waals surface area contributed by atoms with Crippen molar-refractivity contribution < 1.29 is 9.18 Å². The minimum Gasteiger partial charge on any atom is -0.326 e. The van der Waals surface area contributed by atoms with Crippen molar-refractivity contribution in [1.29, 1.82) is 0 Å². The molecule has 2 aliphatic heterocycles. The highest BCUT2D eigenvalue weighted by Gasteiger charge is 2.35. The molecule has 1 aromatic carbocycles. The average molecular weight is 314 g/mol. The van der Waals surface area contributed by atoms with Gasteiger partial charge in [-0.1, -0.05) is 6.07 Å². The van der Waals surface area contributed by atoms with E-state index in [0.717, 1.165) is 44.6 Å². The standard InChI is InChI=1S/C15H20FN3O.ClH/c16-13-2-1-3-14(6-13)18-15(20)4-5-19-9-11-7-17-8-12(11)10-19;/h1-3,6,11-12,17H,4-5,7-10H2,(H,18,20);1H/t11-,12+;. The number of carbonyl (C=O) groups excluding carboxylic acids is 1. The third-order valence-electron chi connectivity index (χ3n) is 4.23. The molecule has 0 aliphatic carbocycles. The molecule has 0 unspecified atom stereocenters. The van der Waals surface area contributed by atoms with Crippen molar-refractivity contribution in [2.24, 2.45) is 11.8 Å². The molecule has 2 heterocycles. The SMILES string of the molecule is Cl.O=C(CCN1C[C@H]2CNC[C@H]2C1)Nc1cccc(F)c1. The van der Waals surface area contributed by atoms with Crippen LogP contribution in [0.5, 0.6) is 0 Å². The molecule has 0 spiro atoms. The lowest BCUT2D eigenvalue weighted by atomic mass is 10.0. The van der Waals surface area contributed by atoms with Crippen LogP contribution in [0.3, 0.4) is 0 Å². The number of nitrogens with one attached hydrogen (secondary N) is 2. The summed E-state index contributed by atoms with van der Waals surface area (Å²) in [5, 5.41) is 6.15. The Labute approximate surface area is 130 Å². The monoisotopic (exact) mass is 313 g/mol. The number of hydrogen-bond acceptors (Lipinski definition) is 3. The van der Waals surface area contributed by atoms with Crippen LogP contribution >= 0.6 is 12.4 Å². The Kier molecular flexibility index (Phi) is 5.56. The molecule has 2 N–H and O–H groups in total. The first-order valence-electron chi connectivity index (χ1n) is 7.19. The number of hydrogen-bond donors (Lipinski definition) is 2. The zero-order valence-electron chi connectivity index (χ0n) is 11.8. The van der Waals surface area contributed by atoms with E-state index in [4.69, 9.17) is 0 Å². The predicted octanol–water partition coefficient (Wildman–Crippen LogP) is 1.73. The van der Waals surface area contributed by atoms with E-state index in [-0.39, 0.29) is 24.1 Å². The largest absolute Gasteiger partial charge is 0.326 e. The van der Waals surface area contributed by atoms with Crippen molar-refractivity contribution in [3.05, 3.63) is 30.1 Å². The Morgan fingerprint density at radius 2 is 2.05 bits per heavy atom. The fourth-order valence-electron chi connectivity index (χ4n) is 3.18. The van der Waals surface area contributed by atoms with E-state index in [0.29, 0.717) is 12.1 Å². The van der Waals surface area contributed by atoms with Crippen LogP contribution in [0.2, 0.25) is 0 Å². The summed E-state index contributed by atoms with van der Waals surface area (Å²) in [6.45, 7) is 5.18. The normalized spacial score (nSPS) is 24.4. The van der Waals surface area contributed by atoms with Crippen LogP contribution in [-0.4, -0.2) is 43.5 Å². The maximum atomic E-state index is 13.0. The Hall–Kier alpha value is -1.17. The Bertz CT molecular complexity index is 488. The smallest absolute Gasteiger partial charge is 0.225 e. The minimum absolute atomic E-state index is 0. The van der Waals surface area contributed by atoms with E-state index < -0.39 is 0 Å². The molecule has 1 amide bonds. The molecule has 2 fully saturated rings. The second-order valence-electron chi connectivity index (χ2n) is 5.75. The summed E-state index contributed by atoms with van der Waals surface area (Å²) < 4.78 is 13.0. The predicted molar refractivity (Wildman–Crippen MR) is 83.2 cm³/mol. The Morgan fingerprint density at radius 1 is 1.33 bits per heavy atom. The van der Waals surface area contributed by atoms with Crippen molar-refractivity contribution >= 4 is 24.0 Å². The van der Waals surface area contributed by atoms with E-state index in [9.17, 15) is 9.18 Å². The summed E-state index contributed by atoms with van der Waals surface area (Å²) in [4.78, 5) is 14.2. The molecule has 21 heavy (non-hydrogen) atoms. The second-order valence-corrected chi connectivity index (χ2v) is 5.75. The highest BCUT2D eigenvalue weighted by Crippen LogP contribution is 2.26. The minimum atomic E-state index is -0.331. The van der Waals surface area contributed by atoms with Crippen LogP contribution in [-0.2, 0) is 4.79 Å². The third-order valence-corrected chi connectivity index (χ3v) is 4.23. The summed E-state index contributed by atoms with van der Waals surface area (Å²) >= 11 is 0. The van der Waals surface area contributed by atoms with E-state index in [1.165, 1.54) is 12.1 Å². The molecule has 0 radical (unpaired) electrons. The van der Waals surface area contributed by atoms with Crippen LogP contribution in [0.4, 0.5) is 10.1 Å². The van der Waals surface area contributed by atoms with Crippen molar-refractivity contribution in [3.8, 4) is 0 Å². The van der Waals surface area contributed by atoms with Crippen LogP contribution < -0.4 is 10.6 Å². The van der Waals surface area contributed by atoms with E-state index in [1.807, 2.05) is 0 Å². The van der Waals surface area contributed by atoms with Crippen LogP contribution in [0.15, 0.2) is 24.3 Å². The van der Waals surface area contributed by atoms with Crippen LogP contribution in [0.25, 0.3) is 0 Å². The van der Waals surface area contributed by atoms with Crippen LogP contribution in [0.1, 0.15) is 6.42 Å². The Morgan fingerprint density at radius 3 is 2.71 bits per heavy atom. The third kappa shape index (κ3) is 4.15. The Balaban J connectivity index is 0.00000161. The average Bonchev–Trinajstić information content (AvgIpc) is 2.97. The van der Waals surface area contributed by atoms with Gasteiger partial charge in [-0.15, -0.1) is 12.4 Å². The fraction of sp³-hybridized carbons (Fsp3) is 0.533. The number of rotatable bonds is 4. The number of carbonyl (C=O) groups is 1. The van der Waals surface area contributed by atoms with Gasteiger partial charge in [0.1, 0.15) is 5.82 Å². The van der Waals surface area contributed by atoms with Gasteiger partial charge in [0, 0.05) is 31.7 Å². The lowest BCUT2D eigenvalue weighted by Crippen LogP contribution is -2.29. The van der Waals surface area contributed by atoms with Gasteiger partial charge in [0.2, 0.25) is 5.91 Å². The maximum absolute atomic E-state index is 13.0. The number of halogens is 2. The van der Waals surface area contributed by atoms with E-state index in [1.54, 1.807) is 12.1 Å².